The van der Waals surface area contributed by atoms with Crippen molar-refractivity contribution in [2.75, 3.05) is 20.2 Å². The van der Waals surface area contributed by atoms with Crippen LogP contribution in [0.2, 0.25) is 0 Å². The van der Waals surface area contributed by atoms with E-state index in [4.69, 9.17) is 4.74 Å². The molecule has 0 bridgehead atoms. The quantitative estimate of drug-likeness (QED) is 0.879. The van der Waals surface area contributed by atoms with Gasteiger partial charge in [0.1, 0.15) is 5.75 Å². The van der Waals surface area contributed by atoms with Crippen LogP contribution in [0, 0.1) is 0 Å². The molecule has 3 unspecified atom stereocenters. The first-order valence-electron chi connectivity index (χ1n) is 6.90. The molecule has 1 aliphatic rings. The number of aliphatic hydroxyl groups is 1. The minimum atomic E-state index is -0.531. The van der Waals surface area contributed by atoms with Gasteiger partial charge in [0, 0.05) is 31.1 Å². The molecular formula is C15H22N2O3. The molecular weight excluding hydrogens is 256 g/mol. The van der Waals surface area contributed by atoms with E-state index >= 15 is 0 Å². The summed E-state index contributed by atoms with van der Waals surface area (Å²) in [4.78, 5) is 13.5. The Kier molecular flexibility index (Phi) is 4.49. The third kappa shape index (κ3) is 3.22. The summed E-state index contributed by atoms with van der Waals surface area (Å²) in [6.07, 6.45) is -0.531. The van der Waals surface area contributed by atoms with Crippen LogP contribution in [-0.4, -0.2) is 48.4 Å². The van der Waals surface area contributed by atoms with Gasteiger partial charge < -0.3 is 20.1 Å². The Labute approximate surface area is 119 Å². The van der Waals surface area contributed by atoms with E-state index in [1.54, 1.807) is 14.0 Å². The summed E-state index contributed by atoms with van der Waals surface area (Å²) in [5, 5.41) is 12.3. The van der Waals surface area contributed by atoms with E-state index in [-0.39, 0.29) is 18.0 Å². The number of urea groups is 1. The van der Waals surface area contributed by atoms with E-state index in [0.717, 1.165) is 11.3 Å². The van der Waals surface area contributed by atoms with Crippen molar-refractivity contribution < 1.29 is 14.6 Å². The summed E-state index contributed by atoms with van der Waals surface area (Å²) in [5.41, 5.74) is 1.14. The predicted molar refractivity (Wildman–Crippen MR) is 77.0 cm³/mol. The normalized spacial score (nSPS) is 19.7. The second-order valence-electron chi connectivity index (χ2n) is 5.42. The van der Waals surface area contributed by atoms with Crippen LogP contribution >= 0.6 is 0 Å². The van der Waals surface area contributed by atoms with Gasteiger partial charge in [-0.05, 0) is 19.9 Å². The fourth-order valence-corrected chi connectivity index (χ4v) is 2.49. The van der Waals surface area contributed by atoms with Crippen LogP contribution in [0.25, 0.3) is 0 Å². The molecule has 0 saturated heterocycles. The van der Waals surface area contributed by atoms with Crippen LogP contribution in [0.15, 0.2) is 24.3 Å². The third-order valence-corrected chi connectivity index (χ3v) is 3.58. The Morgan fingerprint density at radius 1 is 1.50 bits per heavy atom. The summed E-state index contributed by atoms with van der Waals surface area (Å²) in [7, 11) is 1.67. The van der Waals surface area contributed by atoms with Crippen molar-refractivity contribution in [3.05, 3.63) is 29.8 Å². The molecule has 5 nitrogen and oxygen atoms in total. The smallest absolute Gasteiger partial charge is 0.317 e. The van der Waals surface area contributed by atoms with Gasteiger partial charge in [0.2, 0.25) is 0 Å². The van der Waals surface area contributed by atoms with E-state index in [2.05, 4.69) is 5.32 Å². The summed E-state index contributed by atoms with van der Waals surface area (Å²) in [6.45, 7) is 4.54. The molecule has 20 heavy (non-hydrogen) atoms. The van der Waals surface area contributed by atoms with Gasteiger partial charge in [-0.2, -0.15) is 0 Å². The molecule has 0 spiro atoms. The lowest BCUT2D eigenvalue weighted by atomic mass is 9.94. The Morgan fingerprint density at radius 2 is 2.20 bits per heavy atom. The van der Waals surface area contributed by atoms with Crippen molar-refractivity contribution in [2.24, 2.45) is 0 Å². The van der Waals surface area contributed by atoms with Crippen LogP contribution < -0.4 is 10.1 Å². The predicted octanol–water partition coefficient (Wildman–Crippen LogP) is 1.57. The molecule has 1 aliphatic heterocycles. The number of hydrogen-bond acceptors (Lipinski definition) is 3. The van der Waals surface area contributed by atoms with Gasteiger partial charge in [0.25, 0.3) is 0 Å². The van der Waals surface area contributed by atoms with Crippen molar-refractivity contribution in [1.29, 1.82) is 0 Å². The van der Waals surface area contributed by atoms with E-state index < -0.39 is 6.10 Å². The number of ether oxygens (including phenoxy) is 1. The Morgan fingerprint density at radius 3 is 2.90 bits per heavy atom. The second kappa shape index (κ2) is 6.13. The van der Waals surface area contributed by atoms with Crippen molar-refractivity contribution in [3.8, 4) is 5.75 Å². The number of amides is 2. The number of carbonyl (C=O) groups is 1. The molecule has 0 fully saturated rings. The highest BCUT2D eigenvalue weighted by molar-refractivity contribution is 5.74. The maximum absolute atomic E-state index is 12.0. The molecule has 110 valence electrons. The van der Waals surface area contributed by atoms with Gasteiger partial charge >= 0.3 is 6.03 Å². The fourth-order valence-electron chi connectivity index (χ4n) is 2.49. The monoisotopic (exact) mass is 278 g/mol. The maximum Gasteiger partial charge on any atom is 0.317 e. The molecule has 2 amide bonds. The molecule has 0 radical (unpaired) electrons. The minimum absolute atomic E-state index is 0.0254. The van der Waals surface area contributed by atoms with Crippen LogP contribution in [0.1, 0.15) is 25.3 Å². The van der Waals surface area contributed by atoms with Crippen molar-refractivity contribution in [2.45, 2.75) is 31.9 Å². The summed E-state index contributed by atoms with van der Waals surface area (Å²) < 4.78 is 5.63. The van der Waals surface area contributed by atoms with Gasteiger partial charge in [-0.1, -0.05) is 18.2 Å². The number of nitrogens with zero attached hydrogens (tertiary/aromatic N) is 1. The standard InChI is InChI=1S/C15H22N2O3/c1-10(18)8-17(3)15(19)16-11(2)13-9-20-14-7-5-4-6-12(13)14/h4-7,10-11,13,18H,8-9H2,1-3H3,(H,16,19). The molecule has 1 heterocycles. The first-order valence-corrected chi connectivity index (χ1v) is 6.90. The number of hydrogen-bond donors (Lipinski definition) is 2. The van der Waals surface area contributed by atoms with Crippen LogP contribution in [0.3, 0.4) is 0 Å². The zero-order valence-corrected chi connectivity index (χ0v) is 12.2. The lowest BCUT2D eigenvalue weighted by Crippen LogP contribution is -2.46. The SMILES string of the molecule is CC(O)CN(C)C(=O)NC(C)C1COc2ccccc21. The minimum Gasteiger partial charge on any atom is -0.493 e. The number of para-hydroxylation sites is 1. The van der Waals surface area contributed by atoms with E-state index in [1.807, 2.05) is 31.2 Å². The third-order valence-electron chi connectivity index (χ3n) is 3.58. The van der Waals surface area contributed by atoms with Gasteiger partial charge in [0.15, 0.2) is 0 Å². The average molecular weight is 278 g/mol. The number of likely N-dealkylation sites (N-methyl/N-ethyl adjacent to an activating group) is 1. The first-order chi connectivity index (χ1) is 9.49. The highest BCUT2D eigenvalue weighted by Gasteiger charge is 2.30. The molecule has 0 aromatic heterocycles. The largest absolute Gasteiger partial charge is 0.493 e. The van der Waals surface area contributed by atoms with Crippen LogP contribution in [0.5, 0.6) is 5.75 Å². The lowest BCUT2D eigenvalue weighted by molar-refractivity contribution is 0.141. The molecule has 0 saturated carbocycles. The van der Waals surface area contributed by atoms with Crippen LogP contribution in [-0.2, 0) is 0 Å². The van der Waals surface area contributed by atoms with Crippen molar-refractivity contribution >= 4 is 6.03 Å². The van der Waals surface area contributed by atoms with Gasteiger partial charge in [-0.3, -0.25) is 0 Å². The summed E-state index contributed by atoms with van der Waals surface area (Å²) in [6, 6.07) is 7.71. The Bertz CT molecular complexity index is 476. The molecule has 5 heteroatoms. The number of rotatable bonds is 4. The van der Waals surface area contributed by atoms with Crippen molar-refractivity contribution in [1.82, 2.24) is 10.2 Å². The van der Waals surface area contributed by atoms with Gasteiger partial charge in [-0.25, -0.2) is 4.79 Å². The average Bonchev–Trinajstić information content (AvgIpc) is 2.81. The zero-order chi connectivity index (χ0) is 14.7. The fraction of sp³-hybridized carbons (Fsp3) is 0.533. The molecule has 1 aromatic rings. The number of benzene rings is 1. The first kappa shape index (κ1) is 14.7. The topological polar surface area (TPSA) is 61.8 Å². The zero-order valence-electron chi connectivity index (χ0n) is 12.2. The van der Waals surface area contributed by atoms with Gasteiger partial charge in [0.05, 0.1) is 12.7 Å². The summed E-state index contributed by atoms with van der Waals surface area (Å²) >= 11 is 0. The molecule has 3 atom stereocenters. The Hall–Kier alpha value is -1.75. The molecule has 1 aromatic carbocycles. The maximum atomic E-state index is 12.0. The molecule has 0 aliphatic carbocycles. The number of aliphatic hydroxyl groups excluding tert-OH is 1. The van der Waals surface area contributed by atoms with E-state index in [0.29, 0.717) is 13.2 Å². The Balaban J connectivity index is 1.96. The summed E-state index contributed by atoms with van der Waals surface area (Å²) in [5.74, 6) is 1.06. The molecule has 2 N–H and O–H groups in total. The van der Waals surface area contributed by atoms with E-state index in [9.17, 15) is 9.90 Å². The van der Waals surface area contributed by atoms with Crippen LogP contribution in [0.4, 0.5) is 4.79 Å². The molecule has 2 rings (SSSR count). The highest BCUT2D eigenvalue weighted by Crippen LogP contribution is 2.35. The highest BCUT2D eigenvalue weighted by atomic mass is 16.5. The van der Waals surface area contributed by atoms with Gasteiger partial charge in [-0.15, -0.1) is 0 Å². The number of fused-ring (bicyclic) bond motifs is 1. The second-order valence-corrected chi connectivity index (χ2v) is 5.42. The van der Waals surface area contributed by atoms with Crippen molar-refractivity contribution in [3.63, 3.8) is 0 Å². The van der Waals surface area contributed by atoms with E-state index in [1.165, 1.54) is 4.90 Å². The lowest BCUT2D eigenvalue weighted by Gasteiger charge is -2.25. The number of nitrogens with one attached hydrogen (secondary N) is 1. The number of carbonyl (C=O) groups excluding carboxylic acids is 1.